The van der Waals surface area contributed by atoms with E-state index in [-0.39, 0.29) is 29.2 Å². The molecule has 2 aromatic rings. The number of ketones is 1. The fraction of sp³-hybridized carbons (Fsp3) is 0.300. The number of benzene rings is 2. The van der Waals surface area contributed by atoms with Crippen LogP contribution < -0.4 is 9.47 Å². The van der Waals surface area contributed by atoms with Crippen molar-refractivity contribution in [2.45, 2.75) is 11.3 Å². The molecule has 1 aliphatic heterocycles. The molecule has 2 aromatic carbocycles. The molecular weight excluding hydrogens is 418 g/mol. The van der Waals surface area contributed by atoms with Gasteiger partial charge < -0.3 is 23.3 Å². The lowest BCUT2D eigenvalue weighted by Crippen LogP contribution is -2.36. The zero-order chi connectivity index (χ0) is 21.7. The Kier molecular flexibility index (Phi) is 4.92. The third-order valence-electron chi connectivity index (χ3n) is 5.35. The number of methoxy groups -OCH3 is 1. The molecule has 0 saturated carbocycles. The minimum atomic E-state index is -4.55. The van der Waals surface area contributed by atoms with E-state index >= 15 is 4.39 Å². The Hall–Kier alpha value is -2.74. The summed E-state index contributed by atoms with van der Waals surface area (Å²) in [5, 5.41) is -3.03. The second-order valence-electron chi connectivity index (χ2n) is 6.70. The van der Waals surface area contributed by atoms with E-state index in [9.17, 15) is 14.2 Å². The molecule has 8 nitrogen and oxygen atoms in total. The van der Waals surface area contributed by atoms with E-state index in [1.165, 1.54) is 43.5 Å². The molecule has 0 N–H and O–H groups in total. The average molecular weight is 436 g/mol. The van der Waals surface area contributed by atoms with Gasteiger partial charge in [-0.25, -0.2) is 9.18 Å². The van der Waals surface area contributed by atoms with Gasteiger partial charge in [-0.15, -0.1) is 0 Å². The van der Waals surface area contributed by atoms with Crippen LogP contribution >= 0.6 is 7.60 Å². The SMILES string of the molecule is COC(=O)c1ccc(C2c3cc4c(cc3C(=O)C2(F)P(=O)(OC)OC)OCO4)cc1. The van der Waals surface area contributed by atoms with Crippen molar-refractivity contribution in [3.05, 3.63) is 58.7 Å². The normalized spacial score (nSPS) is 22.1. The fourth-order valence-electron chi connectivity index (χ4n) is 3.87. The molecule has 0 spiro atoms. The molecule has 158 valence electrons. The molecule has 0 saturated heterocycles. The highest BCUT2D eigenvalue weighted by atomic mass is 31.2. The van der Waals surface area contributed by atoms with Gasteiger partial charge in [-0.2, -0.15) is 0 Å². The number of carbonyl (C=O) groups is 2. The number of hydrogen-bond donors (Lipinski definition) is 0. The molecule has 0 radical (unpaired) electrons. The van der Waals surface area contributed by atoms with Crippen molar-refractivity contribution < 1.29 is 41.8 Å². The van der Waals surface area contributed by atoms with Gasteiger partial charge in [-0.05, 0) is 35.4 Å². The first-order valence-corrected chi connectivity index (χ1v) is 10.4. The summed E-state index contributed by atoms with van der Waals surface area (Å²) in [7, 11) is -1.27. The summed E-state index contributed by atoms with van der Waals surface area (Å²) in [6, 6.07) is 8.66. The lowest BCUT2D eigenvalue weighted by atomic mass is 9.90. The van der Waals surface area contributed by atoms with Gasteiger partial charge in [0.2, 0.25) is 12.6 Å². The molecule has 4 rings (SSSR count). The summed E-state index contributed by atoms with van der Waals surface area (Å²) >= 11 is 0. The predicted molar refractivity (Wildman–Crippen MR) is 102 cm³/mol. The van der Waals surface area contributed by atoms with Crippen LogP contribution in [0.1, 0.15) is 37.8 Å². The summed E-state index contributed by atoms with van der Waals surface area (Å²) < 4.78 is 55.0. The van der Waals surface area contributed by atoms with Gasteiger partial charge in [0.05, 0.1) is 18.6 Å². The number of Topliss-reactive ketones (excluding diaryl/α,β-unsaturated/α-hetero) is 1. The van der Waals surface area contributed by atoms with Crippen LogP contribution in [0, 0.1) is 0 Å². The van der Waals surface area contributed by atoms with Gasteiger partial charge in [-0.3, -0.25) is 9.36 Å². The maximum atomic E-state index is 16.6. The summed E-state index contributed by atoms with van der Waals surface area (Å²) in [5.74, 6) is -2.31. The number of ether oxygens (including phenoxy) is 3. The van der Waals surface area contributed by atoms with E-state index in [1.807, 2.05) is 0 Å². The van der Waals surface area contributed by atoms with Crippen LogP contribution in [0.5, 0.6) is 11.5 Å². The lowest BCUT2D eigenvalue weighted by molar-refractivity contribution is 0.0600. The van der Waals surface area contributed by atoms with Crippen LogP contribution in [0.2, 0.25) is 0 Å². The van der Waals surface area contributed by atoms with Crippen molar-refractivity contribution in [3.63, 3.8) is 0 Å². The predicted octanol–water partition coefficient (Wildman–Crippen LogP) is 3.68. The minimum Gasteiger partial charge on any atom is -0.465 e. The van der Waals surface area contributed by atoms with Crippen LogP contribution in [0.4, 0.5) is 4.39 Å². The number of carbonyl (C=O) groups excluding carboxylic acids is 2. The van der Waals surface area contributed by atoms with E-state index in [0.717, 1.165) is 14.2 Å². The van der Waals surface area contributed by atoms with E-state index in [1.54, 1.807) is 0 Å². The maximum absolute atomic E-state index is 16.6. The zero-order valence-corrected chi connectivity index (χ0v) is 17.2. The second kappa shape index (κ2) is 7.19. The number of rotatable bonds is 5. The Morgan fingerprint density at radius 2 is 1.70 bits per heavy atom. The Bertz CT molecular complexity index is 1070. The Morgan fingerprint density at radius 1 is 1.10 bits per heavy atom. The number of alkyl halides is 1. The lowest BCUT2D eigenvalue weighted by Gasteiger charge is -2.31. The van der Waals surface area contributed by atoms with Gasteiger partial charge >= 0.3 is 13.6 Å². The van der Waals surface area contributed by atoms with E-state index in [4.69, 9.17) is 18.5 Å². The molecule has 0 aromatic heterocycles. The quantitative estimate of drug-likeness (QED) is 0.517. The number of fused-ring (bicyclic) bond motifs is 2. The summed E-state index contributed by atoms with van der Waals surface area (Å²) in [6.07, 6.45) is 0. The van der Waals surface area contributed by atoms with E-state index in [0.29, 0.717) is 11.3 Å². The van der Waals surface area contributed by atoms with Crippen LogP contribution in [0.15, 0.2) is 36.4 Å². The molecule has 0 amide bonds. The first-order valence-electron chi connectivity index (χ1n) is 8.88. The van der Waals surface area contributed by atoms with Gasteiger partial charge in [-0.1, -0.05) is 12.1 Å². The first-order chi connectivity index (χ1) is 14.3. The van der Waals surface area contributed by atoms with Crippen LogP contribution in [0.25, 0.3) is 0 Å². The topological polar surface area (TPSA) is 97.4 Å². The third kappa shape index (κ3) is 2.70. The number of esters is 1. The molecule has 2 unspecified atom stereocenters. The minimum absolute atomic E-state index is 0.00174. The van der Waals surface area contributed by atoms with Crippen molar-refractivity contribution in [1.82, 2.24) is 0 Å². The Morgan fingerprint density at radius 3 is 2.27 bits per heavy atom. The maximum Gasteiger partial charge on any atom is 0.376 e. The largest absolute Gasteiger partial charge is 0.465 e. The van der Waals surface area contributed by atoms with Crippen molar-refractivity contribution in [2.75, 3.05) is 28.1 Å². The van der Waals surface area contributed by atoms with Gasteiger partial charge in [0.1, 0.15) is 0 Å². The fourth-order valence-corrected chi connectivity index (χ4v) is 5.53. The van der Waals surface area contributed by atoms with Gasteiger partial charge in [0.15, 0.2) is 11.5 Å². The molecule has 0 bridgehead atoms. The smallest absolute Gasteiger partial charge is 0.376 e. The van der Waals surface area contributed by atoms with Crippen molar-refractivity contribution in [1.29, 1.82) is 0 Å². The molecule has 10 heteroatoms. The molecule has 2 atom stereocenters. The molecule has 0 fully saturated rings. The van der Waals surface area contributed by atoms with Crippen molar-refractivity contribution in [3.8, 4) is 11.5 Å². The average Bonchev–Trinajstić information content (AvgIpc) is 3.32. The van der Waals surface area contributed by atoms with E-state index < -0.39 is 30.7 Å². The summed E-state index contributed by atoms with van der Waals surface area (Å²) in [4.78, 5) is 24.9. The highest BCUT2D eigenvalue weighted by Crippen LogP contribution is 2.70. The first kappa shape index (κ1) is 20.5. The third-order valence-corrected chi connectivity index (χ3v) is 7.57. The Balaban J connectivity index is 1.93. The Labute approximate surface area is 171 Å². The summed E-state index contributed by atoms with van der Waals surface area (Å²) in [6.45, 7) is -0.0275. The van der Waals surface area contributed by atoms with Crippen LogP contribution in [-0.2, 0) is 18.3 Å². The van der Waals surface area contributed by atoms with E-state index in [2.05, 4.69) is 4.74 Å². The second-order valence-corrected chi connectivity index (χ2v) is 9.08. The molecule has 30 heavy (non-hydrogen) atoms. The summed E-state index contributed by atoms with van der Waals surface area (Å²) in [5.41, 5.74) is 0.790. The standard InChI is InChI=1S/C20H18FO8P/c1-25-19(23)12-6-4-11(5-7-12)17-13-8-15-16(29-10-28-15)9-14(13)18(22)20(17,21)30(24,26-2)27-3/h4-9,17H,10H2,1-3H3. The highest BCUT2D eigenvalue weighted by molar-refractivity contribution is 7.56. The highest BCUT2D eigenvalue weighted by Gasteiger charge is 2.67. The number of halogens is 1. The van der Waals surface area contributed by atoms with Crippen LogP contribution in [-0.4, -0.2) is 45.3 Å². The number of hydrogen-bond acceptors (Lipinski definition) is 8. The molecule has 2 aliphatic rings. The van der Waals surface area contributed by atoms with Gasteiger partial charge in [0.25, 0.3) is 5.41 Å². The zero-order valence-electron chi connectivity index (χ0n) is 16.3. The van der Waals surface area contributed by atoms with Crippen molar-refractivity contribution >= 4 is 19.3 Å². The van der Waals surface area contributed by atoms with Crippen molar-refractivity contribution in [2.24, 2.45) is 0 Å². The van der Waals surface area contributed by atoms with Gasteiger partial charge in [0, 0.05) is 19.8 Å². The molecular formula is C20H18FO8P. The monoisotopic (exact) mass is 436 g/mol. The molecule has 1 heterocycles. The van der Waals surface area contributed by atoms with Crippen LogP contribution in [0.3, 0.4) is 0 Å². The molecule has 1 aliphatic carbocycles.